The third-order valence-corrected chi connectivity index (χ3v) is 5.83. The predicted molar refractivity (Wildman–Crippen MR) is 90.2 cm³/mol. The molecular weight excluding hydrogens is 312 g/mol. The van der Waals surface area contributed by atoms with Gasteiger partial charge in [-0.05, 0) is 26.2 Å². The summed E-state index contributed by atoms with van der Waals surface area (Å²) in [4.78, 5) is 29.1. The first-order valence-electron chi connectivity index (χ1n) is 8.18. The lowest BCUT2D eigenvalue weighted by molar-refractivity contribution is -0.143. The lowest BCUT2D eigenvalue weighted by Gasteiger charge is -2.31. The number of hydrogen-bond acceptors (Lipinski definition) is 4. The zero-order valence-corrected chi connectivity index (χ0v) is 14.8. The average molecular weight is 336 g/mol. The summed E-state index contributed by atoms with van der Waals surface area (Å²) in [6.45, 7) is 2.62. The molecule has 2 amide bonds. The molecule has 3 rings (SSSR count). The minimum atomic E-state index is -0.320. The van der Waals surface area contributed by atoms with Crippen molar-refractivity contribution in [3.63, 3.8) is 0 Å². The van der Waals surface area contributed by atoms with Crippen LogP contribution in [0.25, 0.3) is 0 Å². The number of aryl methyl sites for hydroxylation is 2. The van der Waals surface area contributed by atoms with E-state index < -0.39 is 0 Å². The highest BCUT2D eigenvalue weighted by molar-refractivity contribution is 7.99. The number of aromatic nitrogens is 2. The molecule has 0 bridgehead atoms. The normalized spacial score (nSPS) is 23.7. The van der Waals surface area contributed by atoms with Gasteiger partial charge >= 0.3 is 0 Å². The maximum atomic E-state index is 13.1. The number of nitrogens with zero attached hydrogens (tertiary/aromatic N) is 4. The Morgan fingerprint density at radius 3 is 3.00 bits per heavy atom. The summed E-state index contributed by atoms with van der Waals surface area (Å²) in [6, 6.07) is -0.320. The van der Waals surface area contributed by atoms with E-state index in [-0.39, 0.29) is 23.8 Å². The molecule has 2 aliphatic rings. The Morgan fingerprint density at radius 1 is 1.48 bits per heavy atom. The Hall–Kier alpha value is -1.50. The molecule has 1 aromatic rings. The predicted octanol–water partition coefficient (Wildman–Crippen LogP) is 1.22. The van der Waals surface area contributed by atoms with E-state index in [2.05, 4.69) is 5.10 Å². The van der Waals surface area contributed by atoms with E-state index in [4.69, 9.17) is 0 Å². The van der Waals surface area contributed by atoms with Gasteiger partial charge in [0.05, 0.1) is 17.5 Å². The number of hydrogen-bond donors (Lipinski definition) is 0. The van der Waals surface area contributed by atoms with Crippen molar-refractivity contribution in [2.45, 2.75) is 38.1 Å². The number of fused-ring (bicyclic) bond motifs is 1. The number of carbonyl (C=O) groups excluding carboxylic acids is 2. The summed E-state index contributed by atoms with van der Waals surface area (Å²) in [5.74, 6) is 1.30. The lowest BCUT2D eigenvalue weighted by atomic mass is 9.86. The maximum Gasteiger partial charge on any atom is 0.245 e. The summed E-state index contributed by atoms with van der Waals surface area (Å²) < 4.78 is 1.79. The summed E-state index contributed by atoms with van der Waals surface area (Å²) in [5, 5.41) is 4.47. The molecule has 1 saturated heterocycles. The molecule has 1 aromatic heterocycles. The molecule has 0 unspecified atom stereocenters. The van der Waals surface area contributed by atoms with Crippen LogP contribution in [0, 0.1) is 0 Å². The average Bonchev–Trinajstić information content (AvgIpc) is 3.17. The fourth-order valence-corrected chi connectivity index (χ4v) is 4.55. The number of thioether (sulfide) groups is 1. The Kier molecular flexibility index (Phi) is 4.66. The quantitative estimate of drug-likeness (QED) is 0.833. The molecule has 6 nitrogen and oxygen atoms in total. The van der Waals surface area contributed by atoms with E-state index in [1.54, 1.807) is 33.3 Å². The first kappa shape index (κ1) is 16.4. The zero-order valence-electron chi connectivity index (χ0n) is 14.0. The third-order valence-electron chi connectivity index (χ3n) is 4.82. The van der Waals surface area contributed by atoms with Crippen LogP contribution in [0.1, 0.15) is 36.9 Å². The van der Waals surface area contributed by atoms with Crippen LogP contribution in [0.15, 0.2) is 6.20 Å². The van der Waals surface area contributed by atoms with Crippen LogP contribution in [-0.2, 0) is 23.1 Å². The summed E-state index contributed by atoms with van der Waals surface area (Å²) in [5.41, 5.74) is 2.09. The highest BCUT2D eigenvalue weighted by atomic mass is 32.2. The second-order valence-electron chi connectivity index (χ2n) is 6.33. The van der Waals surface area contributed by atoms with E-state index in [9.17, 15) is 9.59 Å². The van der Waals surface area contributed by atoms with Crippen molar-refractivity contribution in [1.82, 2.24) is 19.6 Å². The highest BCUT2D eigenvalue weighted by Crippen LogP contribution is 2.35. The van der Waals surface area contributed by atoms with Crippen molar-refractivity contribution in [3.05, 3.63) is 17.5 Å². The molecule has 0 N–H and O–H groups in total. The van der Waals surface area contributed by atoms with Crippen LogP contribution >= 0.6 is 11.8 Å². The molecule has 2 atom stereocenters. The van der Waals surface area contributed by atoms with Gasteiger partial charge in [0, 0.05) is 38.2 Å². The molecule has 2 heterocycles. The molecule has 0 saturated carbocycles. The van der Waals surface area contributed by atoms with Crippen LogP contribution in [0.3, 0.4) is 0 Å². The fraction of sp³-hybridized carbons (Fsp3) is 0.688. The molecule has 1 aliphatic heterocycles. The number of amides is 2. The van der Waals surface area contributed by atoms with Gasteiger partial charge in [-0.2, -0.15) is 5.10 Å². The SMILES string of the molecule is CCN(C)C(=O)[C@@H]1CSCN1C(=O)[C@H]1CCCc2nn(C)cc21. The molecule has 0 spiro atoms. The van der Waals surface area contributed by atoms with Crippen LogP contribution < -0.4 is 0 Å². The molecule has 0 radical (unpaired) electrons. The van der Waals surface area contributed by atoms with E-state index in [0.29, 0.717) is 18.2 Å². The summed E-state index contributed by atoms with van der Waals surface area (Å²) in [7, 11) is 3.70. The third kappa shape index (κ3) is 2.98. The van der Waals surface area contributed by atoms with Gasteiger partial charge in [0.1, 0.15) is 6.04 Å². The van der Waals surface area contributed by atoms with Crippen LogP contribution in [0.5, 0.6) is 0 Å². The van der Waals surface area contributed by atoms with E-state index in [0.717, 1.165) is 30.5 Å². The van der Waals surface area contributed by atoms with Crippen LogP contribution in [0.2, 0.25) is 0 Å². The van der Waals surface area contributed by atoms with Gasteiger partial charge in [0.15, 0.2) is 0 Å². The van der Waals surface area contributed by atoms with Gasteiger partial charge in [0.2, 0.25) is 11.8 Å². The summed E-state index contributed by atoms with van der Waals surface area (Å²) in [6.07, 6.45) is 4.74. The topological polar surface area (TPSA) is 58.4 Å². The number of rotatable bonds is 3. The van der Waals surface area contributed by atoms with Gasteiger partial charge in [-0.3, -0.25) is 14.3 Å². The molecule has 7 heteroatoms. The van der Waals surface area contributed by atoms with Crippen LogP contribution in [-0.4, -0.2) is 62.7 Å². The highest BCUT2D eigenvalue weighted by Gasteiger charge is 2.40. The van der Waals surface area contributed by atoms with Crippen molar-refractivity contribution in [2.24, 2.45) is 7.05 Å². The monoisotopic (exact) mass is 336 g/mol. The van der Waals surface area contributed by atoms with E-state index in [1.165, 1.54) is 0 Å². The molecule has 23 heavy (non-hydrogen) atoms. The van der Waals surface area contributed by atoms with E-state index >= 15 is 0 Å². The zero-order chi connectivity index (χ0) is 16.6. The van der Waals surface area contributed by atoms with Crippen molar-refractivity contribution >= 4 is 23.6 Å². The maximum absolute atomic E-state index is 13.1. The van der Waals surface area contributed by atoms with Crippen molar-refractivity contribution < 1.29 is 9.59 Å². The van der Waals surface area contributed by atoms with Gasteiger partial charge < -0.3 is 9.80 Å². The van der Waals surface area contributed by atoms with Gasteiger partial charge in [-0.25, -0.2) is 0 Å². The van der Waals surface area contributed by atoms with Crippen molar-refractivity contribution in [1.29, 1.82) is 0 Å². The first-order chi connectivity index (χ1) is 11.0. The standard InChI is InChI=1S/C16H24N4O2S/c1-4-18(2)16(22)14-9-23-10-20(14)15(21)11-6-5-7-13-12(11)8-19(3)17-13/h8,11,14H,4-7,9-10H2,1-3H3/t11-,14-/m0/s1. The largest absolute Gasteiger partial charge is 0.344 e. The molecule has 126 valence electrons. The Balaban J connectivity index is 1.81. The van der Waals surface area contributed by atoms with Gasteiger partial charge in [-0.15, -0.1) is 11.8 Å². The van der Waals surface area contributed by atoms with Gasteiger partial charge in [-0.1, -0.05) is 0 Å². The second kappa shape index (κ2) is 6.55. The summed E-state index contributed by atoms with van der Waals surface area (Å²) >= 11 is 1.66. The Morgan fingerprint density at radius 2 is 2.26 bits per heavy atom. The molecule has 0 aromatic carbocycles. The van der Waals surface area contributed by atoms with Gasteiger partial charge in [0.25, 0.3) is 0 Å². The fourth-order valence-electron chi connectivity index (χ4n) is 3.40. The smallest absolute Gasteiger partial charge is 0.245 e. The Labute approximate surface area is 141 Å². The van der Waals surface area contributed by atoms with Crippen molar-refractivity contribution in [3.8, 4) is 0 Å². The van der Waals surface area contributed by atoms with Crippen LogP contribution in [0.4, 0.5) is 0 Å². The number of likely N-dealkylation sites (N-methyl/N-ethyl adjacent to an activating group) is 1. The lowest BCUT2D eigenvalue weighted by Crippen LogP contribution is -2.49. The van der Waals surface area contributed by atoms with Crippen molar-refractivity contribution in [2.75, 3.05) is 25.2 Å². The second-order valence-corrected chi connectivity index (χ2v) is 7.33. The molecular formula is C16H24N4O2S. The first-order valence-corrected chi connectivity index (χ1v) is 9.34. The minimum absolute atomic E-state index is 0.0491. The molecule has 1 aliphatic carbocycles. The minimum Gasteiger partial charge on any atom is -0.344 e. The molecule has 1 fully saturated rings. The van der Waals surface area contributed by atoms with E-state index in [1.807, 2.05) is 20.2 Å². The Bertz CT molecular complexity index is 615. The number of carbonyl (C=O) groups is 2.